The van der Waals surface area contributed by atoms with E-state index >= 15 is 8.78 Å². The van der Waals surface area contributed by atoms with Gasteiger partial charge < -0.3 is 10.2 Å². The van der Waals surface area contributed by atoms with Crippen LogP contribution in [0.3, 0.4) is 0 Å². The van der Waals surface area contributed by atoms with Gasteiger partial charge in [-0.25, -0.2) is 22.5 Å². The molecule has 39 heavy (non-hydrogen) atoms. The topological polar surface area (TPSA) is 67.2 Å². The average molecular weight is 541 g/mol. The van der Waals surface area contributed by atoms with Gasteiger partial charge >= 0.3 is 0 Å². The van der Waals surface area contributed by atoms with Gasteiger partial charge in [-0.15, -0.1) is 0 Å². The Bertz CT molecular complexity index is 1560. The number of alkyl halides is 2. The lowest BCUT2D eigenvalue weighted by molar-refractivity contribution is -0.0937. The Morgan fingerprint density at radius 2 is 1.85 bits per heavy atom. The Balaban J connectivity index is 1.33. The van der Waals surface area contributed by atoms with Crippen molar-refractivity contribution >= 4 is 22.8 Å². The molecule has 6 nitrogen and oxygen atoms in total. The molecule has 2 aromatic heterocycles. The van der Waals surface area contributed by atoms with Gasteiger partial charge in [0.2, 0.25) is 5.43 Å². The average Bonchev–Trinajstić information content (AvgIpc) is 3.29. The first-order valence-electron chi connectivity index (χ1n) is 13.5. The molecule has 0 spiro atoms. The van der Waals surface area contributed by atoms with Crippen LogP contribution >= 0.6 is 0 Å². The number of pyridine rings is 2. The number of fused-ring (bicyclic) bond motifs is 1. The fourth-order valence-corrected chi connectivity index (χ4v) is 7.92. The molecule has 1 aromatic carbocycles. The lowest BCUT2D eigenvalue weighted by Crippen LogP contribution is -2.64. The molecule has 3 heterocycles. The molecular weight excluding hydrogens is 512 g/mol. The smallest absolute Gasteiger partial charge is 0.257 e. The second-order valence-corrected chi connectivity index (χ2v) is 12.1. The predicted octanol–water partition coefficient (Wildman–Crippen LogP) is 5.00. The van der Waals surface area contributed by atoms with Crippen molar-refractivity contribution in [2.45, 2.75) is 62.3 Å². The van der Waals surface area contributed by atoms with E-state index in [0.29, 0.717) is 50.5 Å². The number of nitrogens with one attached hydrogen (secondary N) is 1. The fraction of sp³-hybridized carbons (Fsp3) is 0.483. The minimum Gasteiger partial charge on any atom is -0.354 e. The van der Waals surface area contributed by atoms with Crippen LogP contribution in [0.2, 0.25) is 0 Å². The van der Waals surface area contributed by atoms with Crippen LogP contribution in [-0.4, -0.2) is 45.9 Å². The molecule has 0 radical (unpaired) electrons. The maximum absolute atomic E-state index is 15.5. The van der Waals surface area contributed by atoms with E-state index in [1.54, 1.807) is 11.0 Å². The van der Waals surface area contributed by atoms with E-state index in [-0.39, 0.29) is 47.1 Å². The standard InChI is InChI=1S/C29H28F4N4O2/c30-18-1-3-23(22(32)8-18)37-14-21(25(38)20-2-4-24(34-26(20)37)36-6-5-19(31)13-36)27(39)35-29-11-16-7-17(12-29)10-28(33,9-16)15-29/h1-4,8,14,16-17,19H,5-7,9-13,15H2,(H,35,39)/t16?,17?,19-,28?,29?/m0/s1. The summed E-state index contributed by atoms with van der Waals surface area (Å²) in [5.74, 6) is -1.50. The van der Waals surface area contributed by atoms with E-state index < -0.39 is 40.3 Å². The first-order valence-corrected chi connectivity index (χ1v) is 13.5. The zero-order chi connectivity index (χ0) is 27.1. The molecule has 4 aliphatic carbocycles. The largest absolute Gasteiger partial charge is 0.354 e. The van der Waals surface area contributed by atoms with Crippen LogP contribution in [0.4, 0.5) is 23.4 Å². The summed E-state index contributed by atoms with van der Waals surface area (Å²) in [5.41, 5.74) is -2.86. The molecule has 5 fully saturated rings. The van der Waals surface area contributed by atoms with Gasteiger partial charge in [0.05, 0.1) is 17.6 Å². The number of halogens is 4. The monoisotopic (exact) mass is 540 g/mol. The Kier molecular flexibility index (Phi) is 5.38. The zero-order valence-corrected chi connectivity index (χ0v) is 21.2. The third-order valence-corrected chi connectivity index (χ3v) is 9.07. The van der Waals surface area contributed by atoms with Gasteiger partial charge in [-0.3, -0.25) is 14.2 Å². The molecule has 1 saturated heterocycles. The third-order valence-electron chi connectivity index (χ3n) is 9.07. The number of benzene rings is 1. The summed E-state index contributed by atoms with van der Waals surface area (Å²) in [6.45, 7) is 0.587. The van der Waals surface area contributed by atoms with Crippen LogP contribution in [-0.2, 0) is 0 Å². The van der Waals surface area contributed by atoms with Crippen molar-refractivity contribution < 1.29 is 22.4 Å². The summed E-state index contributed by atoms with van der Waals surface area (Å²) in [5, 5.41) is 3.09. The van der Waals surface area contributed by atoms with Gasteiger partial charge in [0.15, 0.2) is 5.65 Å². The Labute approximate surface area is 222 Å². The SMILES string of the molecule is O=C(NC12CC3CC(CC(F)(C3)C1)C2)c1cn(-c2ccc(F)cc2F)c2nc(N3CC[C@H](F)C3)ccc2c1=O. The van der Waals surface area contributed by atoms with Crippen molar-refractivity contribution in [1.29, 1.82) is 0 Å². The zero-order valence-electron chi connectivity index (χ0n) is 21.2. The summed E-state index contributed by atoms with van der Waals surface area (Å²) in [6.07, 6.45) is 4.13. The molecule has 4 bridgehead atoms. The van der Waals surface area contributed by atoms with Crippen molar-refractivity contribution in [2.24, 2.45) is 11.8 Å². The Morgan fingerprint density at radius 3 is 2.51 bits per heavy atom. The van der Waals surface area contributed by atoms with Crippen molar-refractivity contribution in [2.75, 3.05) is 18.0 Å². The second kappa shape index (κ2) is 8.53. The van der Waals surface area contributed by atoms with Crippen molar-refractivity contribution in [3.8, 4) is 5.69 Å². The maximum Gasteiger partial charge on any atom is 0.257 e. The second-order valence-electron chi connectivity index (χ2n) is 12.1. The first-order chi connectivity index (χ1) is 18.6. The number of nitrogens with zero attached hydrogens (tertiary/aromatic N) is 3. The molecule has 8 rings (SSSR count). The number of hydrogen-bond acceptors (Lipinski definition) is 4. The fourth-order valence-electron chi connectivity index (χ4n) is 7.92. The van der Waals surface area contributed by atoms with Gasteiger partial charge in [-0.1, -0.05) is 0 Å². The number of hydrogen-bond donors (Lipinski definition) is 1. The summed E-state index contributed by atoms with van der Waals surface area (Å²) < 4.78 is 59.4. The normalized spacial score (nSPS) is 31.3. The molecule has 5 aliphatic rings. The maximum atomic E-state index is 15.5. The van der Waals surface area contributed by atoms with Crippen LogP contribution < -0.4 is 15.6 Å². The number of anilines is 1. The highest BCUT2D eigenvalue weighted by atomic mass is 19.1. The molecule has 2 unspecified atom stereocenters. The number of carbonyl (C=O) groups excluding carboxylic acids is 1. The highest BCUT2D eigenvalue weighted by Gasteiger charge is 2.59. The molecule has 3 aromatic rings. The van der Waals surface area contributed by atoms with Crippen LogP contribution in [0.1, 0.15) is 55.3 Å². The van der Waals surface area contributed by atoms with E-state index in [1.165, 1.54) is 22.9 Å². The molecule has 1 aliphatic heterocycles. The summed E-state index contributed by atoms with van der Waals surface area (Å²) in [7, 11) is 0. The third kappa shape index (κ3) is 4.10. The number of carbonyl (C=O) groups is 1. The molecule has 1 amide bonds. The molecule has 3 atom stereocenters. The van der Waals surface area contributed by atoms with E-state index in [4.69, 9.17) is 0 Å². The molecule has 4 saturated carbocycles. The van der Waals surface area contributed by atoms with Gasteiger partial charge in [-0.05, 0) is 74.6 Å². The summed E-state index contributed by atoms with van der Waals surface area (Å²) >= 11 is 0. The van der Waals surface area contributed by atoms with Gasteiger partial charge in [0.1, 0.15) is 34.9 Å². The number of rotatable bonds is 4. The lowest BCUT2D eigenvalue weighted by Gasteiger charge is -2.59. The minimum atomic E-state index is -1.30. The number of amides is 1. The Hall–Kier alpha value is -3.43. The van der Waals surface area contributed by atoms with Crippen molar-refractivity contribution in [3.63, 3.8) is 0 Å². The predicted molar refractivity (Wildman–Crippen MR) is 138 cm³/mol. The van der Waals surface area contributed by atoms with E-state index in [9.17, 15) is 18.4 Å². The van der Waals surface area contributed by atoms with Crippen LogP contribution in [0, 0.1) is 23.5 Å². The first kappa shape index (κ1) is 24.6. The lowest BCUT2D eigenvalue weighted by atomic mass is 9.51. The van der Waals surface area contributed by atoms with Crippen molar-refractivity contribution in [1.82, 2.24) is 14.9 Å². The van der Waals surface area contributed by atoms with Gasteiger partial charge in [0.25, 0.3) is 5.91 Å². The highest BCUT2D eigenvalue weighted by Crippen LogP contribution is 2.59. The van der Waals surface area contributed by atoms with Gasteiger partial charge in [0, 0.05) is 30.8 Å². The quantitative estimate of drug-likeness (QED) is 0.473. The van der Waals surface area contributed by atoms with Crippen molar-refractivity contribution in [3.05, 3.63) is 63.9 Å². The molecule has 10 heteroatoms. The van der Waals surface area contributed by atoms with Crippen LogP contribution in [0.5, 0.6) is 0 Å². The molecule has 204 valence electrons. The van der Waals surface area contributed by atoms with E-state index in [0.717, 1.165) is 12.5 Å². The van der Waals surface area contributed by atoms with E-state index in [2.05, 4.69) is 10.3 Å². The minimum absolute atomic E-state index is 0.0681. The molecule has 1 N–H and O–H groups in total. The summed E-state index contributed by atoms with van der Waals surface area (Å²) in [4.78, 5) is 33.6. The van der Waals surface area contributed by atoms with Gasteiger partial charge in [-0.2, -0.15) is 0 Å². The number of aromatic nitrogens is 2. The summed E-state index contributed by atoms with van der Waals surface area (Å²) in [6, 6.07) is 6.09. The van der Waals surface area contributed by atoms with Crippen LogP contribution in [0.25, 0.3) is 16.7 Å². The Morgan fingerprint density at radius 1 is 1.08 bits per heavy atom. The van der Waals surface area contributed by atoms with Crippen LogP contribution in [0.15, 0.2) is 41.3 Å². The molecular formula is C29H28F4N4O2. The van der Waals surface area contributed by atoms with E-state index in [1.807, 2.05) is 0 Å². The highest BCUT2D eigenvalue weighted by molar-refractivity contribution is 5.98.